The van der Waals surface area contributed by atoms with Crippen LogP contribution < -0.4 is 0 Å². The number of hydrogen-bond acceptors (Lipinski definition) is 2. The van der Waals surface area contributed by atoms with E-state index in [1.54, 1.807) is 0 Å². The number of allylic oxidation sites excluding steroid dienone is 1. The monoisotopic (exact) mass is 128 g/mol. The Kier molecular flexibility index (Phi) is 2.74. The normalized spacial score (nSPS) is 21.9. The van der Waals surface area contributed by atoms with Crippen LogP contribution in [-0.2, 0) is 9.47 Å². The smallest absolute Gasteiger partial charge is 0.161 e. The zero-order valence-corrected chi connectivity index (χ0v) is 5.67. The van der Waals surface area contributed by atoms with E-state index in [9.17, 15) is 0 Å². The molecular formula is C7H12O2. The second-order valence-electron chi connectivity index (χ2n) is 1.98. The van der Waals surface area contributed by atoms with Crippen LogP contribution in [0, 0.1) is 0 Å². The summed E-state index contributed by atoms with van der Waals surface area (Å²) >= 11 is 0. The van der Waals surface area contributed by atoms with Gasteiger partial charge < -0.3 is 9.47 Å². The molecule has 9 heavy (non-hydrogen) atoms. The highest BCUT2D eigenvalue weighted by atomic mass is 16.7. The average Bonchev–Trinajstić information content (AvgIpc) is 2.34. The van der Waals surface area contributed by atoms with Crippen LogP contribution in [0.5, 0.6) is 0 Å². The largest absolute Gasteiger partial charge is 0.350 e. The molecular weight excluding hydrogens is 116 g/mol. The molecule has 0 aromatic heterocycles. The third-order valence-electron chi connectivity index (χ3n) is 1.26. The summed E-state index contributed by atoms with van der Waals surface area (Å²) in [5, 5.41) is 0. The zero-order valence-electron chi connectivity index (χ0n) is 5.67. The highest BCUT2D eigenvalue weighted by molar-refractivity contribution is 4.78. The van der Waals surface area contributed by atoms with Gasteiger partial charge in [0, 0.05) is 6.42 Å². The van der Waals surface area contributed by atoms with Crippen molar-refractivity contribution in [3.8, 4) is 0 Å². The second-order valence-corrected chi connectivity index (χ2v) is 1.98. The van der Waals surface area contributed by atoms with Gasteiger partial charge in [-0.15, -0.1) is 0 Å². The van der Waals surface area contributed by atoms with Crippen molar-refractivity contribution in [1.29, 1.82) is 0 Å². The van der Waals surface area contributed by atoms with Crippen LogP contribution in [0.4, 0.5) is 0 Å². The number of rotatable bonds is 2. The van der Waals surface area contributed by atoms with Crippen molar-refractivity contribution in [2.75, 3.05) is 13.2 Å². The van der Waals surface area contributed by atoms with Gasteiger partial charge in [0.1, 0.15) is 0 Å². The molecule has 2 nitrogen and oxygen atoms in total. The van der Waals surface area contributed by atoms with Crippen LogP contribution in [0.15, 0.2) is 12.2 Å². The summed E-state index contributed by atoms with van der Waals surface area (Å²) in [6.45, 7) is 3.50. The molecule has 1 aliphatic rings. The number of ether oxygens (including phenoxy) is 2. The first-order chi connectivity index (χ1) is 4.43. The molecule has 0 aromatic carbocycles. The summed E-state index contributed by atoms with van der Waals surface area (Å²) in [7, 11) is 0. The Labute approximate surface area is 55.5 Å². The van der Waals surface area contributed by atoms with Gasteiger partial charge in [0.15, 0.2) is 6.29 Å². The Bertz CT molecular complexity index is 93.1. The highest BCUT2D eigenvalue weighted by Gasteiger charge is 2.12. The van der Waals surface area contributed by atoms with Crippen molar-refractivity contribution in [2.45, 2.75) is 19.6 Å². The summed E-state index contributed by atoms with van der Waals surface area (Å²) in [6.07, 6.45) is 4.97. The van der Waals surface area contributed by atoms with Crippen molar-refractivity contribution in [3.05, 3.63) is 12.2 Å². The predicted octanol–water partition coefficient (Wildman–Crippen LogP) is 1.33. The van der Waals surface area contributed by atoms with E-state index in [0.29, 0.717) is 0 Å². The topological polar surface area (TPSA) is 18.5 Å². The van der Waals surface area contributed by atoms with E-state index < -0.39 is 0 Å². The molecule has 0 bridgehead atoms. The van der Waals surface area contributed by atoms with Crippen LogP contribution in [-0.4, -0.2) is 19.5 Å². The molecule has 1 aliphatic heterocycles. The zero-order chi connectivity index (χ0) is 6.53. The molecule has 0 aromatic rings. The number of hydrogen-bond donors (Lipinski definition) is 0. The first-order valence-electron chi connectivity index (χ1n) is 3.28. The van der Waals surface area contributed by atoms with Gasteiger partial charge in [-0.05, 0) is 6.92 Å². The molecule has 1 heterocycles. The maximum absolute atomic E-state index is 5.18. The minimum absolute atomic E-state index is 0.0289. The lowest BCUT2D eigenvalue weighted by molar-refractivity contribution is -0.0380. The van der Waals surface area contributed by atoms with Crippen molar-refractivity contribution in [1.82, 2.24) is 0 Å². The molecule has 0 amide bonds. The predicted molar refractivity (Wildman–Crippen MR) is 35.1 cm³/mol. The molecule has 0 unspecified atom stereocenters. The van der Waals surface area contributed by atoms with Gasteiger partial charge >= 0.3 is 0 Å². The minimum atomic E-state index is 0.0289. The molecule has 0 radical (unpaired) electrons. The van der Waals surface area contributed by atoms with Gasteiger partial charge in [-0.3, -0.25) is 0 Å². The van der Waals surface area contributed by atoms with Crippen molar-refractivity contribution < 1.29 is 9.47 Å². The fraction of sp³-hybridized carbons (Fsp3) is 0.714. The van der Waals surface area contributed by atoms with Crippen molar-refractivity contribution in [2.24, 2.45) is 0 Å². The molecule has 52 valence electrons. The second kappa shape index (κ2) is 3.64. The average molecular weight is 128 g/mol. The summed E-state index contributed by atoms with van der Waals surface area (Å²) in [5.74, 6) is 0. The van der Waals surface area contributed by atoms with Crippen molar-refractivity contribution >= 4 is 0 Å². The lowest BCUT2D eigenvalue weighted by atomic mass is 10.4. The van der Waals surface area contributed by atoms with Crippen LogP contribution in [0.25, 0.3) is 0 Å². The standard InChI is InChI=1S/C7H12O2/c1-2-3-4-7-8-5-6-9-7/h2-3,7H,4-6H2,1H3/b3-2+. The summed E-state index contributed by atoms with van der Waals surface area (Å²) < 4.78 is 10.4. The highest BCUT2D eigenvalue weighted by Crippen LogP contribution is 2.07. The fourth-order valence-electron chi connectivity index (χ4n) is 0.791. The fourth-order valence-corrected chi connectivity index (χ4v) is 0.791. The SMILES string of the molecule is C/C=C/CC1OCCO1. The van der Waals surface area contributed by atoms with E-state index in [1.807, 2.05) is 13.0 Å². The minimum Gasteiger partial charge on any atom is -0.350 e. The molecule has 0 spiro atoms. The molecule has 1 saturated heterocycles. The van der Waals surface area contributed by atoms with Gasteiger partial charge in [0.2, 0.25) is 0 Å². The first-order valence-corrected chi connectivity index (χ1v) is 3.28. The van der Waals surface area contributed by atoms with E-state index in [4.69, 9.17) is 9.47 Å². The van der Waals surface area contributed by atoms with E-state index in [1.165, 1.54) is 0 Å². The first kappa shape index (κ1) is 6.78. The van der Waals surface area contributed by atoms with Gasteiger partial charge in [-0.25, -0.2) is 0 Å². The third kappa shape index (κ3) is 2.16. The summed E-state index contributed by atoms with van der Waals surface area (Å²) in [6, 6.07) is 0. The summed E-state index contributed by atoms with van der Waals surface area (Å²) in [4.78, 5) is 0. The van der Waals surface area contributed by atoms with E-state index >= 15 is 0 Å². The van der Waals surface area contributed by atoms with E-state index in [-0.39, 0.29) is 6.29 Å². The maximum atomic E-state index is 5.18. The van der Waals surface area contributed by atoms with Crippen LogP contribution in [0.1, 0.15) is 13.3 Å². The molecule has 1 fully saturated rings. The molecule has 2 heteroatoms. The van der Waals surface area contributed by atoms with Gasteiger partial charge in [-0.2, -0.15) is 0 Å². The van der Waals surface area contributed by atoms with E-state index in [2.05, 4.69) is 6.08 Å². The third-order valence-corrected chi connectivity index (χ3v) is 1.26. The Hall–Kier alpha value is -0.340. The Morgan fingerprint density at radius 2 is 2.11 bits per heavy atom. The Balaban J connectivity index is 2.11. The maximum Gasteiger partial charge on any atom is 0.161 e. The molecule has 0 N–H and O–H groups in total. The van der Waals surface area contributed by atoms with E-state index in [0.717, 1.165) is 19.6 Å². The lowest BCUT2D eigenvalue weighted by Crippen LogP contribution is -2.04. The van der Waals surface area contributed by atoms with Crippen LogP contribution >= 0.6 is 0 Å². The Morgan fingerprint density at radius 1 is 1.44 bits per heavy atom. The van der Waals surface area contributed by atoms with Crippen molar-refractivity contribution in [3.63, 3.8) is 0 Å². The quantitative estimate of drug-likeness (QED) is 0.522. The van der Waals surface area contributed by atoms with Gasteiger partial charge in [0.25, 0.3) is 0 Å². The Morgan fingerprint density at radius 3 is 2.67 bits per heavy atom. The van der Waals surface area contributed by atoms with Gasteiger partial charge in [-0.1, -0.05) is 12.2 Å². The molecule has 1 rings (SSSR count). The van der Waals surface area contributed by atoms with Crippen LogP contribution in [0.3, 0.4) is 0 Å². The molecule has 0 atom stereocenters. The molecule has 0 aliphatic carbocycles. The molecule has 0 saturated carbocycles. The lowest BCUT2D eigenvalue weighted by Gasteiger charge is -2.02. The van der Waals surface area contributed by atoms with Crippen LogP contribution in [0.2, 0.25) is 0 Å². The van der Waals surface area contributed by atoms with Gasteiger partial charge in [0.05, 0.1) is 13.2 Å². The summed E-state index contributed by atoms with van der Waals surface area (Å²) in [5.41, 5.74) is 0.